The Morgan fingerprint density at radius 1 is 1.18 bits per heavy atom. The minimum atomic E-state index is -0.354. The normalized spacial score (nSPS) is 10.8. The number of rotatable bonds is 4. The monoisotopic (exact) mass is 296 g/mol. The van der Waals surface area contributed by atoms with Gasteiger partial charge in [0, 0.05) is 11.3 Å². The highest BCUT2D eigenvalue weighted by molar-refractivity contribution is 5.63. The van der Waals surface area contributed by atoms with Crippen LogP contribution in [0.25, 0.3) is 22.8 Å². The molecule has 0 aliphatic rings. The lowest BCUT2D eigenvalue weighted by molar-refractivity contribution is 0.431. The first-order valence-corrected chi connectivity index (χ1v) is 7.18. The van der Waals surface area contributed by atoms with Gasteiger partial charge in [0.2, 0.25) is 5.82 Å². The Balaban J connectivity index is 2.09. The van der Waals surface area contributed by atoms with Gasteiger partial charge in [-0.2, -0.15) is 9.97 Å². The van der Waals surface area contributed by atoms with Crippen LogP contribution in [-0.2, 0) is 6.42 Å². The molecule has 0 fully saturated rings. The van der Waals surface area contributed by atoms with Gasteiger partial charge in [0.15, 0.2) is 0 Å². The standard InChI is InChI=1S/C16H16N4O2/c1-3-7-12-13(10(2)17-16(21)18-12)15-19-14(20-22-15)11-8-5-4-6-9-11/h4-6,8-9H,3,7H2,1-2H3,(H,17,18,21). The van der Waals surface area contributed by atoms with Gasteiger partial charge in [-0.25, -0.2) is 4.79 Å². The minimum absolute atomic E-state index is 0.354. The fraction of sp³-hybridized carbons (Fsp3) is 0.250. The van der Waals surface area contributed by atoms with Gasteiger partial charge < -0.3 is 9.51 Å². The Kier molecular flexibility index (Phi) is 3.82. The van der Waals surface area contributed by atoms with Crippen molar-refractivity contribution in [1.29, 1.82) is 0 Å². The van der Waals surface area contributed by atoms with Crippen LogP contribution in [0.5, 0.6) is 0 Å². The number of benzene rings is 1. The molecule has 22 heavy (non-hydrogen) atoms. The van der Waals surface area contributed by atoms with Gasteiger partial charge in [-0.3, -0.25) is 0 Å². The average molecular weight is 296 g/mol. The summed E-state index contributed by atoms with van der Waals surface area (Å²) in [5.74, 6) is 0.896. The van der Waals surface area contributed by atoms with Crippen molar-refractivity contribution in [2.45, 2.75) is 26.7 Å². The van der Waals surface area contributed by atoms with Crippen LogP contribution >= 0.6 is 0 Å². The second kappa shape index (κ2) is 5.93. The molecule has 2 aromatic heterocycles. The third-order valence-electron chi connectivity index (χ3n) is 3.35. The van der Waals surface area contributed by atoms with E-state index in [0.29, 0.717) is 29.5 Å². The largest absolute Gasteiger partial charge is 0.345 e. The molecule has 2 heterocycles. The van der Waals surface area contributed by atoms with Crippen LogP contribution in [-0.4, -0.2) is 20.1 Å². The number of aromatic amines is 1. The quantitative estimate of drug-likeness (QED) is 0.800. The molecule has 0 saturated carbocycles. The van der Waals surface area contributed by atoms with Gasteiger partial charge in [0.1, 0.15) is 0 Å². The molecule has 1 N–H and O–H groups in total. The third-order valence-corrected chi connectivity index (χ3v) is 3.35. The van der Waals surface area contributed by atoms with Crippen molar-refractivity contribution in [3.63, 3.8) is 0 Å². The summed E-state index contributed by atoms with van der Waals surface area (Å²) in [6.45, 7) is 3.84. The number of aryl methyl sites for hydroxylation is 2. The van der Waals surface area contributed by atoms with E-state index in [9.17, 15) is 4.79 Å². The number of hydrogen-bond donors (Lipinski definition) is 1. The van der Waals surface area contributed by atoms with Crippen LogP contribution in [0.4, 0.5) is 0 Å². The predicted octanol–water partition coefficient (Wildman–Crippen LogP) is 2.75. The predicted molar refractivity (Wildman–Crippen MR) is 82.3 cm³/mol. The Labute approximate surface area is 127 Å². The van der Waals surface area contributed by atoms with E-state index in [0.717, 1.165) is 17.5 Å². The van der Waals surface area contributed by atoms with Crippen molar-refractivity contribution in [1.82, 2.24) is 20.1 Å². The van der Waals surface area contributed by atoms with E-state index in [1.165, 1.54) is 0 Å². The first-order chi connectivity index (χ1) is 10.7. The summed E-state index contributed by atoms with van der Waals surface area (Å²) in [6.07, 6.45) is 1.56. The van der Waals surface area contributed by atoms with Crippen molar-refractivity contribution >= 4 is 0 Å². The van der Waals surface area contributed by atoms with E-state index in [4.69, 9.17) is 4.52 Å². The maximum atomic E-state index is 11.6. The molecular weight excluding hydrogens is 280 g/mol. The van der Waals surface area contributed by atoms with Crippen LogP contribution in [0.1, 0.15) is 24.7 Å². The molecule has 3 aromatic rings. The van der Waals surface area contributed by atoms with Gasteiger partial charge in [0.05, 0.1) is 11.3 Å². The van der Waals surface area contributed by atoms with Crippen molar-refractivity contribution in [3.05, 3.63) is 52.2 Å². The molecule has 0 atom stereocenters. The molecule has 1 aromatic carbocycles. The van der Waals surface area contributed by atoms with E-state index >= 15 is 0 Å². The average Bonchev–Trinajstić information content (AvgIpc) is 2.97. The van der Waals surface area contributed by atoms with Crippen molar-refractivity contribution < 1.29 is 4.52 Å². The number of nitrogens with zero attached hydrogens (tertiary/aromatic N) is 3. The van der Waals surface area contributed by atoms with Crippen LogP contribution in [0, 0.1) is 6.92 Å². The van der Waals surface area contributed by atoms with Crippen molar-refractivity contribution in [3.8, 4) is 22.8 Å². The zero-order valence-corrected chi connectivity index (χ0v) is 12.5. The van der Waals surface area contributed by atoms with Crippen LogP contribution in [0.3, 0.4) is 0 Å². The maximum Gasteiger partial charge on any atom is 0.345 e. The van der Waals surface area contributed by atoms with Gasteiger partial charge in [0.25, 0.3) is 5.89 Å². The van der Waals surface area contributed by atoms with Crippen LogP contribution in [0.2, 0.25) is 0 Å². The molecule has 0 aliphatic carbocycles. The summed E-state index contributed by atoms with van der Waals surface area (Å²) in [6, 6.07) is 9.60. The van der Waals surface area contributed by atoms with E-state index < -0.39 is 0 Å². The molecule has 6 heteroatoms. The highest BCUT2D eigenvalue weighted by Gasteiger charge is 2.18. The van der Waals surface area contributed by atoms with Crippen LogP contribution < -0.4 is 5.69 Å². The molecule has 0 aliphatic heterocycles. The maximum absolute atomic E-state index is 11.6. The molecular formula is C16H16N4O2. The summed E-state index contributed by atoms with van der Waals surface area (Å²) < 4.78 is 5.39. The van der Waals surface area contributed by atoms with E-state index in [1.54, 1.807) is 0 Å². The molecule has 6 nitrogen and oxygen atoms in total. The van der Waals surface area contributed by atoms with E-state index in [2.05, 4.69) is 20.1 Å². The summed E-state index contributed by atoms with van der Waals surface area (Å²) in [5, 5.41) is 4.02. The smallest absolute Gasteiger partial charge is 0.333 e. The molecule has 3 rings (SSSR count). The Morgan fingerprint density at radius 2 is 1.95 bits per heavy atom. The molecule has 112 valence electrons. The second-order valence-corrected chi connectivity index (χ2v) is 5.03. The number of hydrogen-bond acceptors (Lipinski definition) is 5. The van der Waals surface area contributed by atoms with E-state index in [-0.39, 0.29) is 5.69 Å². The molecule has 0 radical (unpaired) electrons. The molecule has 0 unspecified atom stereocenters. The molecule has 0 bridgehead atoms. The lowest BCUT2D eigenvalue weighted by Crippen LogP contribution is -2.16. The third kappa shape index (κ3) is 2.67. The van der Waals surface area contributed by atoms with Gasteiger partial charge in [-0.05, 0) is 13.3 Å². The highest BCUT2D eigenvalue weighted by atomic mass is 16.5. The molecule has 0 spiro atoms. The Bertz CT molecular complexity index is 837. The van der Waals surface area contributed by atoms with Gasteiger partial charge in [-0.15, -0.1) is 0 Å². The Hall–Kier alpha value is -2.76. The topological polar surface area (TPSA) is 84.7 Å². The lowest BCUT2D eigenvalue weighted by atomic mass is 10.1. The fourth-order valence-electron chi connectivity index (χ4n) is 2.38. The second-order valence-electron chi connectivity index (χ2n) is 5.03. The van der Waals surface area contributed by atoms with Gasteiger partial charge >= 0.3 is 5.69 Å². The summed E-state index contributed by atoms with van der Waals surface area (Å²) in [7, 11) is 0. The van der Waals surface area contributed by atoms with Crippen molar-refractivity contribution in [2.75, 3.05) is 0 Å². The SMILES string of the molecule is CCCc1nc(=O)[nH]c(C)c1-c1nc(-c2ccccc2)no1. The number of aromatic nitrogens is 4. The van der Waals surface area contributed by atoms with Crippen molar-refractivity contribution in [2.24, 2.45) is 0 Å². The Morgan fingerprint density at radius 3 is 2.68 bits per heavy atom. The summed E-state index contributed by atoms with van der Waals surface area (Å²) in [4.78, 5) is 22.7. The fourth-order valence-corrected chi connectivity index (χ4v) is 2.38. The summed E-state index contributed by atoms with van der Waals surface area (Å²) in [5.41, 5.74) is 2.62. The van der Waals surface area contributed by atoms with E-state index in [1.807, 2.05) is 44.2 Å². The first kappa shape index (κ1) is 14.2. The molecule has 0 amide bonds. The van der Waals surface area contributed by atoms with Gasteiger partial charge in [-0.1, -0.05) is 48.8 Å². The minimum Gasteiger partial charge on any atom is -0.333 e. The highest BCUT2D eigenvalue weighted by Crippen LogP contribution is 2.26. The zero-order valence-electron chi connectivity index (χ0n) is 12.5. The first-order valence-electron chi connectivity index (χ1n) is 7.18. The molecule has 0 saturated heterocycles. The zero-order chi connectivity index (χ0) is 15.5. The number of nitrogens with one attached hydrogen (secondary N) is 1. The van der Waals surface area contributed by atoms with Crippen LogP contribution in [0.15, 0.2) is 39.6 Å². The summed E-state index contributed by atoms with van der Waals surface area (Å²) >= 11 is 0. The number of H-pyrrole nitrogens is 1. The lowest BCUT2D eigenvalue weighted by Gasteiger charge is -2.06.